The molecule has 0 unspecified atom stereocenters. The number of benzene rings is 3. The summed E-state index contributed by atoms with van der Waals surface area (Å²) in [6.07, 6.45) is 1.47. The Morgan fingerprint density at radius 2 is 1.74 bits per heavy atom. The molecule has 0 atom stereocenters. The van der Waals surface area contributed by atoms with Crippen molar-refractivity contribution in [3.63, 3.8) is 0 Å². The summed E-state index contributed by atoms with van der Waals surface area (Å²) in [5.74, 6) is -0.383. The maximum absolute atomic E-state index is 13.4. The molecule has 6 heteroatoms. The SMILES string of the molecule is CCOc1cccc(-c2cccc(C(=O)n3cc(CC(=O)O)c4cc(Br)ccc43)c2)c1. The quantitative estimate of drug-likeness (QED) is 0.381. The number of hydrogen-bond acceptors (Lipinski definition) is 3. The molecule has 1 N–H and O–H groups in total. The molecule has 4 aromatic rings. The summed E-state index contributed by atoms with van der Waals surface area (Å²) in [6.45, 7) is 2.52. The van der Waals surface area contributed by atoms with Crippen LogP contribution in [0.1, 0.15) is 22.8 Å². The highest BCUT2D eigenvalue weighted by Gasteiger charge is 2.17. The minimum absolute atomic E-state index is 0.155. The van der Waals surface area contributed by atoms with Crippen molar-refractivity contribution in [1.29, 1.82) is 0 Å². The summed E-state index contributed by atoms with van der Waals surface area (Å²) >= 11 is 3.42. The van der Waals surface area contributed by atoms with Crippen molar-refractivity contribution in [1.82, 2.24) is 4.57 Å². The molecule has 0 radical (unpaired) electrons. The van der Waals surface area contributed by atoms with Crippen molar-refractivity contribution in [3.05, 3.63) is 88.5 Å². The summed E-state index contributed by atoms with van der Waals surface area (Å²) < 4.78 is 7.93. The Hall–Kier alpha value is -3.38. The average Bonchev–Trinajstić information content (AvgIpc) is 3.10. The summed E-state index contributed by atoms with van der Waals surface area (Å²) in [7, 11) is 0. The first kappa shape index (κ1) is 20.9. The van der Waals surface area contributed by atoms with Gasteiger partial charge < -0.3 is 9.84 Å². The first-order chi connectivity index (χ1) is 15.0. The van der Waals surface area contributed by atoms with Crippen molar-refractivity contribution in [3.8, 4) is 16.9 Å². The number of rotatable bonds is 6. The monoisotopic (exact) mass is 477 g/mol. The summed E-state index contributed by atoms with van der Waals surface area (Å²) in [4.78, 5) is 24.7. The molecule has 0 amide bonds. The molecule has 0 spiro atoms. The number of carboxylic acids is 1. The van der Waals surface area contributed by atoms with Crippen LogP contribution in [0.4, 0.5) is 0 Å². The molecule has 0 aliphatic carbocycles. The highest BCUT2D eigenvalue weighted by Crippen LogP contribution is 2.28. The largest absolute Gasteiger partial charge is 0.494 e. The third-order valence-corrected chi connectivity index (χ3v) is 5.49. The second-order valence-electron chi connectivity index (χ2n) is 7.10. The van der Waals surface area contributed by atoms with Crippen LogP contribution in [-0.4, -0.2) is 28.2 Å². The van der Waals surface area contributed by atoms with Gasteiger partial charge >= 0.3 is 5.97 Å². The lowest BCUT2D eigenvalue weighted by atomic mass is 10.0. The summed E-state index contributed by atoms with van der Waals surface area (Å²) in [5.41, 5.74) is 3.64. The normalized spacial score (nSPS) is 10.9. The van der Waals surface area contributed by atoms with E-state index in [9.17, 15) is 14.7 Å². The predicted molar refractivity (Wildman–Crippen MR) is 124 cm³/mol. The van der Waals surface area contributed by atoms with E-state index < -0.39 is 5.97 Å². The second kappa shape index (κ2) is 8.78. The van der Waals surface area contributed by atoms with E-state index in [0.717, 1.165) is 26.7 Å². The molecule has 156 valence electrons. The van der Waals surface area contributed by atoms with E-state index in [4.69, 9.17) is 4.74 Å². The highest BCUT2D eigenvalue weighted by molar-refractivity contribution is 9.10. The van der Waals surface area contributed by atoms with Crippen molar-refractivity contribution in [2.24, 2.45) is 0 Å². The van der Waals surface area contributed by atoms with Crippen molar-refractivity contribution in [2.75, 3.05) is 6.61 Å². The Balaban J connectivity index is 1.76. The number of nitrogens with zero attached hydrogens (tertiary/aromatic N) is 1. The number of ether oxygens (including phenoxy) is 1. The molecule has 0 fully saturated rings. The van der Waals surface area contributed by atoms with Gasteiger partial charge in [-0.25, -0.2) is 0 Å². The molecule has 31 heavy (non-hydrogen) atoms. The molecule has 3 aromatic carbocycles. The fourth-order valence-electron chi connectivity index (χ4n) is 3.65. The number of aliphatic carboxylic acids is 1. The Kier molecular flexibility index (Phi) is 5.91. The van der Waals surface area contributed by atoms with Crippen LogP contribution in [-0.2, 0) is 11.2 Å². The first-order valence-corrected chi connectivity index (χ1v) is 10.6. The van der Waals surface area contributed by atoms with Gasteiger partial charge in [0.15, 0.2) is 0 Å². The number of fused-ring (bicyclic) bond motifs is 1. The fraction of sp³-hybridized carbons (Fsp3) is 0.120. The molecule has 0 aliphatic rings. The number of carbonyl (C=O) groups is 2. The van der Waals surface area contributed by atoms with E-state index in [-0.39, 0.29) is 12.3 Å². The van der Waals surface area contributed by atoms with Crippen LogP contribution in [0, 0.1) is 0 Å². The van der Waals surface area contributed by atoms with Crippen molar-refractivity contribution < 1.29 is 19.4 Å². The summed E-state index contributed by atoms with van der Waals surface area (Å²) in [6, 6.07) is 20.6. The molecular formula is C25H20BrNO4. The van der Waals surface area contributed by atoms with Crippen LogP contribution in [0.2, 0.25) is 0 Å². The third-order valence-electron chi connectivity index (χ3n) is 5.00. The van der Waals surface area contributed by atoms with Gasteiger partial charge in [-0.2, -0.15) is 0 Å². The van der Waals surface area contributed by atoms with Gasteiger partial charge in [0, 0.05) is 21.6 Å². The van der Waals surface area contributed by atoms with E-state index >= 15 is 0 Å². The maximum Gasteiger partial charge on any atom is 0.307 e. The van der Waals surface area contributed by atoms with Gasteiger partial charge in [0.2, 0.25) is 0 Å². The number of hydrogen-bond donors (Lipinski definition) is 1. The Bertz CT molecular complexity index is 1290. The highest BCUT2D eigenvalue weighted by atomic mass is 79.9. The molecule has 1 aromatic heterocycles. The van der Waals surface area contributed by atoms with E-state index in [0.29, 0.717) is 23.3 Å². The number of carbonyl (C=O) groups excluding carboxylic acids is 1. The molecule has 0 aliphatic heterocycles. The van der Waals surface area contributed by atoms with Crippen LogP contribution in [0.15, 0.2) is 77.4 Å². The van der Waals surface area contributed by atoms with Crippen LogP contribution in [0.25, 0.3) is 22.0 Å². The minimum Gasteiger partial charge on any atom is -0.494 e. The lowest BCUT2D eigenvalue weighted by Gasteiger charge is -2.09. The van der Waals surface area contributed by atoms with E-state index in [1.54, 1.807) is 12.3 Å². The lowest BCUT2D eigenvalue weighted by molar-refractivity contribution is -0.136. The minimum atomic E-state index is -0.942. The molecule has 1 heterocycles. The zero-order valence-electron chi connectivity index (χ0n) is 16.8. The van der Waals surface area contributed by atoms with Gasteiger partial charge in [0.1, 0.15) is 5.75 Å². The van der Waals surface area contributed by atoms with Gasteiger partial charge in [-0.3, -0.25) is 14.2 Å². The zero-order valence-corrected chi connectivity index (χ0v) is 18.4. The standard InChI is InChI=1S/C25H20BrNO4/c1-2-31-21-8-4-6-17(12-21)16-5-3-7-18(11-16)25(30)27-15-19(13-24(28)29)22-14-20(26)9-10-23(22)27/h3-12,14-15H,2,13H2,1H3,(H,28,29). The van der Waals surface area contributed by atoms with Gasteiger partial charge in [0.05, 0.1) is 18.5 Å². The molecule has 0 saturated heterocycles. The average molecular weight is 478 g/mol. The Morgan fingerprint density at radius 1 is 1.00 bits per heavy atom. The Labute approximate surface area is 188 Å². The molecule has 5 nitrogen and oxygen atoms in total. The Morgan fingerprint density at radius 3 is 2.48 bits per heavy atom. The van der Waals surface area contributed by atoms with E-state index in [1.807, 2.05) is 67.6 Å². The third kappa shape index (κ3) is 4.39. The van der Waals surface area contributed by atoms with E-state index in [2.05, 4.69) is 15.9 Å². The summed E-state index contributed by atoms with van der Waals surface area (Å²) in [5, 5.41) is 10.0. The number of halogens is 1. The van der Waals surface area contributed by atoms with Crippen LogP contribution in [0.5, 0.6) is 5.75 Å². The maximum atomic E-state index is 13.4. The second-order valence-corrected chi connectivity index (χ2v) is 8.02. The zero-order chi connectivity index (χ0) is 22.0. The predicted octanol–water partition coefficient (Wildman–Crippen LogP) is 5.79. The van der Waals surface area contributed by atoms with Crippen molar-refractivity contribution >= 4 is 38.7 Å². The van der Waals surface area contributed by atoms with Crippen molar-refractivity contribution in [2.45, 2.75) is 13.3 Å². The fourth-order valence-corrected chi connectivity index (χ4v) is 4.01. The van der Waals surface area contributed by atoms with Crippen LogP contribution >= 0.6 is 15.9 Å². The number of carboxylic acid groups (broad SMARTS) is 1. The van der Waals surface area contributed by atoms with Crippen LogP contribution < -0.4 is 4.74 Å². The van der Waals surface area contributed by atoms with Gasteiger partial charge in [-0.1, -0.05) is 40.2 Å². The molecular weight excluding hydrogens is 458 g/mol. The molecule has 4 rings (SSSR count). The van der Waals surface area contributed by atoms with Crippen LogP contribution in [0.3, 0.4) is 0 Å². The van der Waals surface area contributed by atoms with Gasteiger partial charge in [0.25, 0.3) is 5.91 Å². The molecule has 0 bridgehead atoms. The van der Waals surface area contributed by atoms with E-state index in [1.165, 1.54) is 4.57 Å². The van der Waals surface area contributed by atoms with Gasteiger partial charge in [-0.05, 0) is 66.1 Å². The smallest absolute Gasteiger partial charge is 0.307 e. The van der Waals surface area contributed by atoms with Gasteiger partial charge in [-0.15, -0.1) is 0 Å². The topological polar surface area (TPSA) is 68.5 Å². The number of aromatic nitrogens is 1. The first-order valence-electron chi connectivity index (χ1n) is 9.85. The lowest BCUT2D eigenvalue weighted by Crippen LogP contribution is -2.11. The molecule has 0 saturated carbocycles.